The number of rotatable bonds is 6. The van der Waals surface area contributed by atoms with Crippen molar-refractivity contribution in [3.05, 3.63) is 87.2 Å². The number of benzene rings is 2. The lowest BCUT2D eigenvalue weighted by Gasteiger charge is -2.13. The zero-order valence-corrected chi connectivity index (χ0v) is 18.5. The Morgan fingerprint density at radius 2 is 1.78 bits per heavy atom. The predicted octanol–water partition coefficient (Wildman–Crippen LogP) is 4.65. The van der Waals surface area contributed by atoms with Crippen LogP contribution in [0.3, 0.4) is 0 Å². The van der Waals surface area contributed by atoms with E-state index in [2.05, 4.69) is 9.97 Å². The highest BCUT2D eigenvalue weighted by atomic mass is 32.2. The molecule has 0 unspecified atom stereocenters. The molecule has 4 aromatic rings. The van der Waals surface area contributed by atoms with Gasteiger partial charge in [0.2, 0.25) is 0 Å². The van der Waals surface area contributed by atoms with Gasteiger partial charge in [-0.05, 0) is 50.6 Å². The van der Waals surface area contributed by atoms with Crippen LogP contribution in [0.1, 0.15) is 39.0 Å². The van der Waals surface area contributed by atoms with E-state index < -0.39 is 11.4 Å². The first kappa shape index (κ1) is 21.7. The van der Waals surface area contributed by atoms with Gasteiger partial charge in [0.15, 0.2) is 16.7 Å². The summed E-state index contributed by atoms with van der Waals surface area (Å²) in [5, 5.41) is 0.563. The number of carbonyl (C=O) groups is 2. The summed E-state index contributed by atoms with van der Waals surface area (Å²) >= 11 is 1.05. The number of hydrogen-bond donors (Lipinski definition) is 1. The van der Waals surface area contributed by atoms with E-state index in [1.54, 1.807) is 44.2 Å². The maximum Gasteiger partial charge on any atom is 0.266 e. The number of nitrogens with zero attached hydrogens (tertiary/aromatic N) is 2. The number of Topliss-reactive ketones (excluding diaryl/α,β-unsaturated/α-hetero) is 2. The number of H-pyrrole nitrogens is 1. The number of fused-ring (bicyclic) bond motifs is 1. The summed E-state index contributed by atoms with van der Waals surface area (Å²) in [6.45, 7) is 4.92. The van der Waals surface area contributed by atoms with Crippen molar-refractivity contribution in [1.82, 2.24) is 14.5 Å². The number of aromatic nitrogens is 3. The molecule has 162 valence electrons. The van der Waals surface area contributed by atoms with Crippen LogP contribution in [0, 0.1) is 19.7 Å². The summed E-state index contributed by atoms with van der Waals surface area (Å²) in [5.41, 5.74) is 2.20. The van der Waals surface area contributed by atoms with Crippen molar-refractivity contribution in [3.63, 3.8) is 0 Å². The van der Waals surface area contributed by atoms with E-state index in [4.69, 9.17) is 0 Å². The van der Waals surface area contributed by atoms with Crippen LogP contribution < -0.4 is 5.56 Å². The fraction of sp³-hybridized carbons (Fsp3) is 0.167. The number of hydrogen-bond acceptors (Lipinski definition) is 5. The van der Waals surface area contributed by atoms with Crippen molar-refractivity contribution in [1.29, 1.82) is 0 Å². The first-order valence-corrected chi connectivity index (χ1v) is 10.9. The van der Waals surface area contributed by atoms with E-state index in [1.807, 2.05) is 0 Å². The zero-order valence-electron chi connectivity index (χ0n) is 17.7. The SMILES string of the molecule is CC(=O)c1c(C)[nH]c(C(=O)CSc2nc3ccccc3c(=O)n2-c2ccccc2F)c1C. The second kappa shape index (κ2) is 8.55. The van der Waals surface area contributed by atoms with Crippen LogP contribution >= 0.6 is 11.8 Å². The van der Waals surface area contributed by atoms with Crippen molar-refractivity contribution < 1.29 is 14.0 Å². The van der Waals surface area contributed by atoms with Gasteiger partial charge in [-0.15, -0.1) is 0 Å². The van der Waals surface area contributed by atoms with Crippen LogP contribution in [0.4, 0.5) is 4.39 Å². The smallest absolute Gasteiger partial charge is 0.266 e. The molecule has 0 radical (unpaired) electrons. The topological polar surface area (TPSA) is 84.8 Å². The highest BCUT2D eigenvalue weighted by molar-refractivity contribution is 7.99. The third-order valence-corrected chi connectivity index (χ3v) is 6.18. The van der Waals surface area contributed by atoms with Gasteiger partial charge >= 0.3 is 0 Å². The number of carbonyl (C=O) groups excluding carboxylic acids is 2. The molecular weight excluding hydrogens is 429 g/mol. The van der Waals surface area contributed by atoms with Gasteiger partial charge in [-0.1, -0.05) is 36.0 Å². The van der Waals surface area contributed by atoms with Crippen LogP contribution in [0.5, 0.6) is 0 Å². The first-order chi connectivity index (χ1) is 15.3. The van der Waals surface area contributed by atoms with Gasteiger partial charge in [-0.25, -0.2) is 9.37 Å². The fourth-order valence-electron chi connectivity index (χ4n) is 3.81. The van der Waals surface area contributed by atoms with E-state index in [1.165, 1.54) is 29.7 Å². The molecule has 8 heteroatoms. The van der Waals surface area contributed by atoms with Gasteiger partial charge in [0, 0.05) is 11.3 Å². The van der Waals surface area contributed by atoms with Crippen molar-refractivity contribution in [2.45, 2.75) is 25.9 Å². The van der Waals surface area contributed by atoms with Gasteiger partial charge in [-0.2, -0.15) is 0 Å². The molecule has 2 aromatic heterocycles. The molecule has 0 saturated carbocycles. The average molecular weight is 450 g/mol. The van der Waals surface area contributed by atoms with Crippen LogP contribution in [0.25, 0.3) is 16.6 Å². The third-order valence-electron chi connectivity index (χ3n) is 5.24. The minimum Gasteiger partial charge on any atom is -0.355 e. The van der Waals surface area contributed by atoms with Crippen LogP contribution in [-0.4, -0.2) is 31.9 Å². The average Bonchev–Trinajstić information content (AvgIpc) is 3.07. The third kappa shape index (κ3) is 3.78. The molecule has 0 spiro atoms. The highest BCUT2D eigenvalue weighted by Crippen LogP contribution is 2.25. The lowest BCUT2D eigenvalue weighted by molar-refractivity contribution is 0.101. The molecule has 4 rings (SSSR count). The molecule has 2 heterocycles. The summed E-state index contributed by atoms with van der Waals surface area (Å²) in [4.78, 5) is 45.6. The quantitative estimate of drug-likeness (QED) is 0.263. The Bertz CT molecular complexity index is 1440. The number of nitrogens with one attached hydrogen (secondary N) is 1. The van der Waals surface area contributed by atoms with Crippen LogP contribution in [-0.2, 0) is 0 Å². The normalized spacial score (nSPS) is 11.1. The van der Waals surface area contributed by atoms with Gasteiger partial charge in [0.25, 0.3) is 5.56 Å². The number of halogens is 1. The molecule has 0 bridgehead atoms. The molecule has 0 fully saturated rings. The lowest BCUT2D eigenvalue weighted by atomic mass is 10.1. The zero-order chi connectivity index (χ0) is 23.0. The fourth-order valence-corrected chi connectivity index (χ4v) is 4.69. The Hall–Kier alpha value is -3.52. The maximum absolute atomic E-state index is 14.6. The van der Waals surface area contributed by atoms with Gasteiger partial charge in [0.05, 0.1) is 28.0 Å². The number of para-hydroxylation sites is 2. The van der Waals surface area contributed by atoms with Crippen LogP contribution in [0.15, 0.2) is 58.5 Å². The highest BCUT2D eigenvalue weighted by Gasteiger charge is 2.22. The summed E-state index contributed by atoms with van der Waals surface area (Å²) in [6.07, 6.45) is 0. The summed E-state index contributed by atoms with van der Waals surface area (Å²) < 4.78 is 15.8. The van der Waals surface area contributed by atoms with Crippen molar-refractivity contribution >= 4 is 34.2 Å². The van der Waals surface area contributed by atoms with Crippen molar-refractivity contribution in [2.24, 2.45) is 0 Å². The van der Waals surface area contributed by atoms with E-state index in [0.717, 1.165) is 11.8 Å². The number of ketones is 2. The van der Waals surface area contributed by atoms with Gasteiger partial charge in [-0.3, -0.25) is 19.0 Å². The molecule has 0 atom stereocenters. The minimum absolute atomic E-state index is 0.0443. The number of aryl methyl sites for hydroxylation is 1. The van der Waals surface area contributed by atoms with E-state index >= 15 is 0 Å². The van der Waals surface area contributed by atoms with Crippen molar-refractivity contribution in [3.8, 4) is 5.69 Å². The maximum atomic E-state index is 14.6. The number of aromatic amines is 1. The molecule has 0 saturated heterocycles. The summed E-state index contributed by atoms with van der Waals surface area (Å²) in [5.74, 6) is -0.975. The Balaban J connectivity index is 1.77. The van der Waals surface area contributed by atoms with E-state index in [0.29, 0.717) is 33.4 Å². The summed E-state index contributed by atoms with van der Waals surface area (Å²) in [7, 11) is 0. The second-order valence-corrected chi connectivity index (χ2v) is 8.34. The predicted molar refractivity (Wildman–Crippen MR) is 123 cm³/mol. The molecule has 6 nitrogen and oxygen atoms in total. The Morgan fingerprint density at radius 1 is 1.09 bits per heavy atom. The molecule has 0 aliphatic heterocycles. The van der Waals surface area contributed by atoms with Gasteiger partial charge in [0.1, 0.15) is 5.82 Å². The van der Waals surface area contributed by atoms with Crippen molar-refractivity contribution in [2.75, 3.05) is 5.75 Å². The molecule has 2 aromatic carbocycles. The van der Waals surface area contributed by atoms with E-state index in [9.17, 15) is 18.8 Å². The van der Waals surface area contributed by atoms with Crippen LogP contribution in [0.2, 0.25) is 0 Å². The largest absolute Gasteiger partial charge is 0.355 e. The Morgan fingerprint density at radius 3 is 2.47 bits per heavy atom. The first-order valence-electron chi connectivity index (χ1n) is 9.92. The monoisotopic (exact) mass is 449 g/mol. The molecule has 32 heavy (non-hydrogen) atoms. The van der Waals surface area contributed by atoms with E-state index in [-0.39, 0.29) is 28.2 Å². The Labute approximate surface area is 187 Å². The molecule has 0 aliphatic carbocycles. The second-order valence-electron chi connectivity index (χ2n) is 7.40. The standard InChI is InChI=1S/C24H20FN3O3S/c1-13-21(15(3)29)14(2)26-22(13)20(30)12-32-24-27-18-10-6-4-8-16(18)23(31)28(24)19-11-7-5-9-17(19)25/h4-11,26H,12H2,1-3H3. The lowest BCUT2D eigenvalue weighted by Crippen LogP contribution is -2.23. The minimum atomic E-state index is -0.568. The Kier molecular flexibility index (Phi) is 5.80. The van der Waals surface area contributed by atoms with Gasteiger partial charge < -0.3 is 4.98 Å². The molecule has 0 amide bonds. The summed E-state index contributed by atoms with van der Waals surface area (Å²) in [6, 6.07) is 12.8. The molecule has 0 aliphatic rings. The number of thioether (sulfide) groups is 1. The molecular formula is C24H20FN3O3S. The molecule has 1 N–H and O–H groups in total.